The Morgan fingerprint density at radius 2 is 1.61 bits per heavy atom. The summed E-state index contributed by atoms with van der Waals surface area (Å²) < 4.78 is 0. The Labute approximate surface area is 214 Å². The van der Waals surface area contributed by atoms with E-state index in [1.807, 2.05) is 11.1 Å². The lowest BCUT2D eigenvalue weighted by molar-refractivity contribution is 0.0731. The van der Waals surface area contributed by atoms with Crippen molar-refractivity contribution in [3.8, 4) is 0 Å². The van der Waals surface area contributed by atoms with E-state index in [9.17, 15) is 4.79 Å². The molecule has 36 heavy (non-hydrogen) atoms. The molecule has 3 aromatic rings. The van der Waals surface area contributed by atoms with Gasteiger partial charge in [0.15, 0.2) is 0 Å². The van der Waals surface area contributed by atoms with E-state index >= 15 is 0 Å². The van der Waals surface area contributed by atoms with Gasteiger partial charge in [-0.3, -0.25) is 4.79 Å². The van der Waals surface area contributed by atoms with Crippen molar-refractivity contribution < 1.29 is 4.79 Å². The van der Waals surface area contributed by atoms with Gasteiger partial charge in [0.25, 0.3) is 5.91 Å². The average molecular weight is 481 g/mol. The van der Waals surface area contributed by atoms with Crippen molar-refractivity contribution in [1.82, 2.24) is 14.9 Å². The summed E-state index contributed by atoms with van der Waals surface area (Å²) >= 11 is 0. The van der Waals surface area contributed by atoms with E-state index in [-0.39, 0.29) is 11.3 Å². The lowest BCUT2D eigenvalue weighted by Crippen LogP contribution is -2.39. The Morgan fingerprint density at radius 1 is 0.917 bits per heavy atom. The predicted octanol–water partition coefficient (Wildman–Crippen LogP) is 5.77. The molecule has 0 N–H and O–H groups in total. The quantitative estimate of drug-likeness (QED) is 0.476. The SMILES string of the molecule is CC1CCN(c2ncc(C(=O)N3CCc4ccccc4C3)c(C3(c4ccccc4)CCCC3)n2)CC1. The lowest BCUT2D eigenvalue weighted by Gasteiger charge is -2.35. The van der Waals surface area contributed by atoms with Crippen LogP contribution in [0.1, 0.15) is 78.2 Å². The third kappa shape index (κ3) is 4.19. The Bertz CT molecular complexity index is 1230. The number of aromatic nitrogens is 2. The second-order valence-corrected chi connectivity index (χ2v) is 11.0. The number of hydrogen-bond donors (Lipinski definition) is 0. The minimum absolute atomic E-state index is 0.0699. The fourth-order valence-electron chi connectivity index (χ4n) is 6.49. The standard InChI is InChI=1S/C31H36N4O/c1-23-13-18-34(19-14-23)30-32-21-27(29(36)35-20-15-24-9-5-6-10-25(24)22-35)28(33-30)31(16-7-8-17-31)26-11-3-2-4-12-26/h2-6,9-12,21,23H,7-8,13-20,22H2,1H3. The van der Waals surface area contributed by atoms with Crippen LogP contribution >= 0.6 is 0 Å². The third-order valence-corrected chi connectivity index (χ3v) is 8.73. The number of carbonyl (C=O) groups excluding carboxylic acids is 1. The van der Waals surface area contributed by atoms with Crippen LogP contribution in [0.5, 0.6) is 0 Å². The number of fused-ring (bicyclic) bond motifs is 1. The van der Waals surface area contributed by atoms with E-state index in [0.29, 0.717) is 12.1 Å². The summed E-state index contributed by atoms with van der Waals surface area (Å²) in [4.78, 5) is 28.5. The number of hydrogen-bond acceptors (Lipinski definition) is 4. The molecule has 1 saturated carbocycles. The monoisotopic (exact) mass is 480 g/mol. The van der Waals surface area contributed by atoms with Crippen molar-refractivity contribution in [1.29, 1.82) is 0 Å². The summed E-state index contributed by atoms with van der Waals surface area (Å²) in [6.07, 6.45) is 9.42. The van der Waals surface area contributed by atoms with Crippen molar-refractivity contribution in [3.63, 3.8) is 0 Å². The van der Waals surface area contributed by atoms with Crippen LogP contribution in [0.4, 0.5) is 5.95 Å². The highest BCUT2D eigenvalue weighted by atomic mass is 16.2. The number of nitrogens with zero attached hydrogens (tertiary/aromatic N) is 4. The van der Waals surface area contributed by atoms with Crippen LogP contribution in [0.15, 0.2) is 60.8 Å². The van der Waals surface area contributed by atoms with Gasteiger partial charge in [-0.1, -0.05) is 74.4 Å². The van der Waals surface area contributed by atoms with Crippen molar-refractivity contribution >= 4 is 11.9 Å². The van der Waals surface area contributed by atoms with Crippen LogP contribution in [-0.2, 0) is 18.4 Å². The van der Waals surface area contributed by atoms with Gasteiger partial charge in [0.2, 0.25) is 5.95 Å². The Kier molecular flexibility index (Phi) is 6.24. The van der Waals surface area contributed by atoms with E-state index in [2.05, 4.69) is 66.4 Å². The number of anilines is 1. The van der Waals surface area contributed by atoms with Crippen LogP contribution in [-0.4, -0.2) is 40.4 Å². The smallest absolute Gasteiger partial charge is 0.257 e. The van der Waals surface area contributed by atoms with E-state index in [1.54, 1.807) is 0 Å². The second-order valence-electron chi connectivity index (χ2n) is 11.0. The first-order valence-corrected chi connectivity index (χ1v) is 13.7. The number of benzene rings is 2. The van der Waals surface area contributed by atoms with Crippen molar-refractivity contribution in [2.24, 2.45) is 5.92 Å². The number of carbonyl (C=O) groups is 1. The summed E-state index contributed by atoms with van der Waals surface area (Å²) in [7, 11) is 0. The molecular formula is C31H36N4O. The molecule has 5 nitrogen and oxygen atoms in total. The maximum atomic E-state index is 14.1. The predicted molar refractivity (Wildman–Crippen MR) is 143 cm³/mol. The molecule has 3 heterocycles. The van der Waals surface area contributed by atoms with Gasteiger partial charge in [0, 0.05) is 37.8 Å². The van der Waals surface area contributed by atoms with E-state index in [0.717, 1.165) is 82.1 Å². The summed E-state index contributed by atoms with van der Waals surface area (Å²) in [5.41, 5.74) is 5.27. The van der Waals surface area contributed by atoms with E-state index in [1.165, 1.54) is 16.7 Å². The molecule has 186 valence electrons. The Hall–Kier alpha value is -3.21. The maximum absolute atomic E-state index is 14.1. The van der Waals surface area contributed by atoms with Gasteiger partial charge in [-0.2, -0.15) is 0 Å². The molecule has 2 aromatic carbocycles. The minimum atomic E-state index is -0.235. The van der Waals surface area contributed by atoms with Crippen LogP contribution in [0.2, 0.25) is 0 Å². The first-order chi connectivity index (χ1) is 17.6. The molecular weight excluding hydrogens is 444 g/mol. The van der Waals surface area contributed by atoms with E-state index in [4.69, 9.17) is 9.97 Å². The topological polar surface area (TPSA) is 49.3 Å². The molecule has 6 rings (SSSR count). The molecule has 5 heteroatoms. The molecule has 3 aliphatic rings. The van der Waals surface area contributed by atoms with Crippen LogP contribution < -0.4 is 4.90 Å². The zero-order valence-electron chi connectivity index (χ0n) is 21.3. The number of rotatable bonds is 4. The summed E-state index contributed by atoms with van der Waals surface area (Å²) in [6.45, 7) is 5.67. The highest BCUT2D eigenvalue weighted by molar-refractivity contribution is 5.96. The fourth-order valence-corrected chi connectivity index (χ4v) is 6.49. The Balaban J connectivity index is 1.42. The first-order valence-electron chi connectivity index (χ1n) is 13.7. The van der Waals surface area contributed by atoms with Crippen LogP contribution in [0.25, 0.3) is 0 Å². The molecule has 1 aliphatic carbocycles. The van der Waals surface area contributed by atoms with Crippen molar-refractivity contribution in [2.75, 3.05) is 24.5 Å². The largest absolute Gasteiger partial charge is 0.341 e. The number of piperidine rings is 1. The van der Waals surface area contributed by atoms with Gasteiger partial charge < -0.3 is 9.80 Å². The fraction of sp³-hybridized carbons (Fsp3) is 0.452. The molecule has 0 spiro atoms. The Morgan fingerprint density at radius 3 is 2.36 bits per heavy atom. The molecule has 1 aromatic heterocycles. The maximum Gasteiger partial charge on any atom is 0.257 e. The summed E-state index contributed by atoms with van der Waals surface area (Å²) in [6, 6.07) is 19.2. The van der Waals surface area contributed by atoms with Gasteiger partial charge in [0.05, 0.1) is 11.3 Å². The van der Waals surface area contributed by atoms with Gasteiger partial charge in [-0.25, -0.2) is 9.97 Å². The zero-order chi connectivity index (χ0) is 24.5. The third-order valence-electron chi connectivity index (χ3n) is 8.73. The molecule has 1 saturated heterocycles. The highest BCUT2D eigenvalue weighted by Crippen LogP contribution is 2.47. The molecule has 2 fully saturated rings. The minimum Gasteiger partial charge on any atom is -0.341 e. The van der Waals surface area contributed by atoms with Crippen molar-refractivity contribution in [3.05, 3.63) is 88.7 Å². The van der Waals surface area contributed by atoms with Crippen molar-refractivity contribution in [2.45, 2.75) is 63.8 Å². The summed E-state index contributed by atoms with van der Waals surface area (Å²) in [5.74, 6) is 1.61. The van der Waals surface area contributed by atoms with Gasteiger partial charge >= 0.3 is 0 Å². The molecule has 2 aliphatic heterocycles. The normalized spacial score (nSPS) is 19.8. The summed E-state index contributed by atoms with van der Waals surface area (Å²) in [5, 5.41) is 0. The van der Waals surface area contributed by atoms with Crippen LogP contribution in [0.3, 0.4) is 0 Å². The van der Waals surface area contributed by atoms with Gasteiger partial charge in [0.1, 0.15) is 0 Å². The molecule has 1 amide bonds. The molecule has 0 atom stereocenters. The average Bonchev–Trinajstić information content (AvgIpc) is 3.44. The van der Waals surface area contributed by atoms with Crippen LogP contribution in [0, 0.1) is 5.92 Å². The van der Waals surface area contributed by atoms with E-state index < -0.39 is 0 Å². The highest BCUT2D eigenvalue weighted by Gasteiger charge is 2.42. The first kappa shape index (κ1) is 23.2. The number of amides is 1. The zero-order valence-corrected chi connectivity index (χ0v) is 21.3. The lowest BCUT2D eigenvalue weighted by atomic mass is 9.74. The molecule has 0 radical (unpaired) electrons. The van der Waals surface area contributed by atoms with Gasteiger partial charge in [-0.05, 0) is 54.7 Å². The van der Waals surface area contributed by atoms with Gasteiger partial charge in [-0.15, -0.1) is 0 Å². The second kappa shape index (κ2) is 9.68. The molecule has 0 bridgehead atoms. The molecule has 0 unspecified atom stereocenters.